The van der Waals surface area contributed by atoms with Gasteiger partial charge >= 0.3 is 16.3 Å². The Morgan fingerprint density at radius 2 is 2.33 bits per heavy atom. The molecule has 2 heterocycles. The summed E-state index contributed by atoms with van der Waals surface area (Å²) < 4.78 is 33.6. The third kappa shape index (κ3) is 1.75. The Bertz CT molecular complexity index is 392. The van der Waals surface area contributed by atoms with E-state index in [-0.39, 0.29) is 6.61 Å². The van der Waals surface area contributed by atoms with E-state index in [1.165, 1.54) is 4.31 Å². The molecule has 15 heavy (non-hydrogen) atoms. The van der Waals surface area contributed by atoms with E-state index in [1.807, 2.05) is 0 Å². The van der Waals surface area contributed by atoms with Crippen molar-refractivity contribution < 1.29 is 22.1 Å². The first-order valence-electron chi connectivity index (χ1n) is 4.77. The van der Waals surface area contributed by atoms with E-state index < -0.39 is 27.9 Å². The number of nitrogens with zero attached hydrogens (tertiary/aromatic N) is 1. The van der Waals surface area contributed by atoms with Gasteiger partial charge in [-0.15, -0.1) is 0 Å². The fourth-order valence-electron chi connectivity index (χ4n) is 1.78. The number of hydrogen-bond donors (Lipinski definition) is 0. The molecule has 0 aromatic rings. The lowest BCUT2D eigenvalue weighted by molar-refractivity contribution is -0.152. The average Bonchev–Trinajstić information content (AvgIpc) is 2.78. The molecule has 0 amide bonds. The zero-order valence-electron chi connectivity index (χ0n) is 8.60. The summed E-state index contributed by atoms with van der Waals surface area (Å²) in [5.41, 5.74) is -0.450. The van der Waals surface area contributed by atoms with E-state index >= 15 is 0 Å². The first-order chi connectivity index (χ1) is 6.89. The van der Waals surface area contributed by atoms with Gasteiger partial charge in [0.15, 0.2) is 6.10 Å². The van der Waals surface area contributed by atoms with Crippen molar-refractivity contribution in [3.05, 3.63) is 0 Å². The van der Waals surface area contributed by atoms with Gasteiger partial charge in [0.2, 0.25) is 0 Å². The van der Waals surface area contributed by atoms with Crippen molar-refractivity contribution in [1.82, 2.24) is 4.31 Å². The van der Waals surface area contributed by atoms with Crippen LogP contribution in [0.25, 0.3) is 0 Å². The summed E-state index contributed by atoms with van der Waals surface area (Å²) in [6.07, 6.45) is -0.621. The lowest BCUT2D eigenvalue weighted by Crippen LogP contribution is -2.41. The fourth-order valence-corrected chi connectivity index (χ4v) is 3.37. The van der Waals surface area contributed by atoms with Crippen LogP contribution in [0, 0.1) is 0 Å². The molecule has 0 N–H and O–H groups in total. The largest absolute Gasteiger partial charge is 0.464 e. The molecule has 0 spiro atoms. The van der Waals surface area contributed by atoms with Crippen LogP contribution >= 0.6 is 0 Å². The van der Waals surface area contributed by atoms with E-state index in [9.17, 15) is 13.2 Å². The highest BCUT2D eigenvalue weighted by atomic mass is 32.2. The second kappa shape index (κ2) is 3.16. The molecule has 1 unspecified atom stereocenters. The van der Waals surface area contributed by atoms with Gasteiger partial charge in [-0.25, -0.2) is 8.98 Å². The monoisotopic (exact) mass is 235 g/mol. The summed E-state index contributed by atoms with van der Waals surface area (Å²) in [6.45, 7) is 4.10. The van der Waals surface area contributed by atoms with Crippen molar-refractivity contribution in [2.24, 2.45) is 0 Å². The Morgan fingerprint density at radius 3 is 2.87 bits per heavy atom. The SMILES string of the molecule is CCOC(=O)[C@@H]1C[C@]2(C)CN2S(=O)(=O)O1. The Labute approximate surface area is 88.4 Å². The predicted molar refractivity (Wildman–Crippen MR) is 50.2 cm³/mol. The van der Waals surface area contributed by atoms with Crippen LogP contribution in [0.3, 0.4) is 0 Å². The zero-order valence-corrected chi connectivity index (χ0v) is 9.41. The van der Waals surface area contributed by atoms with Crippen LogP contribution in [-0.4, -0.2) is 43.5 Å². The van der Waals surface area contributed by atoms with Gasteiger partial charge in [-0.3, -0.25) is 0 Å². The van der Waals surface area contributed by atoms with Gasteiger partial charge in [-0.05, 0) is 13.8 Å². The van der Waals surface area contributed by atoms with Crippen molar-refractivity contribution in [2.45, 2.75) is 31.9 Å². The first-order valence-corrected chi connectivity index (χ1v) is 6.13. The molecule has 2 rings (SSSR count). The van der Waals surface area contributed by atoms with Crippen LogP contribution in [0.15, 0.2) is 0 Å². The number of esters is 1. The van der Waals surface area contributed by atoms with Gasteiger partial charge in [-0.2, -0.15) is 12.7 Å². The molecule has 6 nitrogen and oxygen atoms in total. The number of fused-ring (bicyclic) bond motifs is 1. The van der Waals surface area contributed by atoms with E-state index in [0.717, 1.165) is 0 Å². The third-order valence-electron chi connectivity index (χ3n) is 2.67. The third-order valence-corrected chi connectivity index (χ3v) is 4.25. The van der Waals surface area contributed by atoms with Gasteiger partial charge in [0.1, 0.15) is 0 Å². The molecule has 86 valence electrons. The summed E-state index contributed by atoms with van der Waals surface area (Å²) in [6, 6.07) is 0. The molecule has 0 bridgehead atoms. The minimum atomic E-state index is -3.73. The molecule has 0 radical (unpaired) electrons. The van der Waals surface area contributed by atoms with E-state index in [1.54, 1.807) is 13.8 Å². The second-order valence-electron chi connectivity index (χ2n) is 4.00. The van der Waals surface area contributed by atoms with Crippen LogP contribution in [0.4, 0.5) is 0 Å². The van der Waals surface area contributed by atoms with Crippen molar-refractivity contribution in [3.63, 3.8) is 0 Å². The predicted octanol–water partition coefficient (Wildman–Crippen LogP) is -0.343. The van der Waals surface area contributed by atoms with Crippen LogP contribution < -0.4 is 0 Å². The molecule has 2 aliphatic heterocycles. The van der Waals surface area contributed by atoms with Crippen LogP contribution in [0.5, 0.6) is 0 Å². The van der Waals surface area contributed by atoms with Gasteiger partial charge in [0, 0.05) is 13.0 Å². The van der Waals surface area contributed by atoms with Crippen LogP contribution in [0.2, 0.25) is 0 Å². The van der Waals surface area contributed by atoms with Crippen molar-refractivity contribution in [3.8, 4) is 0 Å². The second-order valence-corrected chi connectivity index (χ2v) is 5.49. The molecule has 0 aromatic heterocycles. The highest BCUT2D eigenvalue weighted by Crippen LogP contribution is 2.44. The minimum Gasteiger partial charge on any atom is -0.464 e. The van der Waals surface area contributed by atoms with E-state index in [4.69, 9.17) is 8.92 Å². The summed E-state index contributed by atoms with van der Waals surface area (Å²) >= 11 is 0. The molecular formula is C8H13NO5S. The smallest absolute Gasteiger partial charge is 0.339 e. The number of carbonyl (C=O) groups excluding carboxylic acids is 1. The number of ether oxygens (including phenoxy) is 1. The maximum Gasteiger partial charge on any atom is 0.339 e. The van der Waals surface area contributed by atoms with E-state index in [0.29, 0.717) is 13.0 Å². The maximum absolute atomic E-state index is 11.4. The number of carbonyl (C=O) groups is 1. The minimum absolute atomic E-state index is 0.221. The lowest BCUT2D eigenvalue weighted by atomic mass is 10.0. The molecule has 0 aliphatic carbocycles. The van der Waals surface area contributed by atoms with Gasteiger partial charge < -0.3 is 4.74 Å². The topological polar surface area (TPSA) is 72.7 Å². The normalized spacial score (nSPS) is 41.7. The summed E-state index contributed by atoms with van der Waals surface area (Å²) in [5.74, 6) is -0.603. The van der Waals surface area contributed by atoms with Crippen molar-refractivity contribution >= 4 is 16.3 Å². The maximum atomic E-state index is 11.4. The Balaban J connectivity index is 2.14. The van der Waals surface area contributed by atoms with Gasteiger partial charge in [-0.1, -0.05) is 0 Å². The van der Waals surface area contributed by atoms with Crippen molar-refractivity contribution in [2.75, 3.05) is 13.2 Å². The molecule has 3 atom stereocenters. The Hall–Kier alpha value is -0.660. The molecular weight excluding hydrogens is 222 g/mol. The standard InChI is InChI=1S/C8H13NO5S/c1-3-13-7(10)6-4-8(2)5-9(8)15(11,12)14-6/h6H,3-5H2,1-2H3/t6-,8+,9?/m0/s1. The van der Waals surface area contributed by atoms with Crippen LogP contribution in [0.1, 0.15) is 20.3 Å². The summed E-state index contributed by atoms with van der Waals surface area (Å²) in [7, 11) is -3.73. The lowest BCUT2D eigenvalue weighted by Gasteiger charge is -2.25. The number of rotatable bonds is 2. The molecule has 7 heteroatoms. The molecule has 2 aliphatic rings. The Kier molecular flexibility index (Phi) is 2.29. The molecule has 0 saturated carbocycles. The number of hydrogen-bond acceptors (Lipinski definition) is 5. The average molecular weight is 235 g/mol. The molecule has 0 aromatic carbocycles. The first kappa shape index (κ1) is 10.8. The zero-order chi connectivity index (χ0) is 11.3. The highest BCUT2D eigenvalue weighted by molar-refractivity contribution is 7.84. The molecule has 2 fully saturated rings. The quantitative estimate of drug-likeness (QED) is 0.483. The van der Waals surface area contributed by atoms with Crippen LogP contribution in [-0.2, 0) is 24.0 Å². The van der Waals surface area contributed by atoms with Crippen molar-refractivity contribution in [1.29, 1.82) is 0 Å². The fraction of sp³-hybridized carbons (Fsp3) is 0.875. The Morgan fingerprint density at radius 1 is 1.67 bits per heavy atom. The van der Waals surface area contributed by atoms with Gasteiger partial charge in [0.05, 0.1) is 12.1 Å². The summed E-state index contributed by atoms with van der Waals surface area (Å²) in [4.78, 5) is 11.4. The van der Waals surface area contributed by atoms with E-state index in [2.05, 4.69) is 0 Å². The molecule has 2 saturated heterocycles. The summed E-state index contributed by atoms with van der Waals surface area (Å²) in [5, 5.41) is 0. The van der Waals surface area contributed by atoms with Gasteiger partial charge in [0.25, 0.3) is 0 Å². The highest BCUT2D eigenvalue weighted by Gasteiger charge is 2.62.